The summed E-state index contributed by atoms with van der Waals surface area (Å²) in [6.07, 6.45) is 0.757. The van der Waals surface area contributed by atoms with E-state index < -0.39 is 0 Å². The van der Waals surface area contributed by atoms with Crippen molar-refractivity contribution < 1.29 is 19.4 Å². The zero-order valence-corrected chi connectivity index (χ0v) is 11.4. The van der Waals surface area contributed by atoms with Gasteiger partial charge in [0.2, 0.25) is 0 Å². The van der Waals surface area contributed by atoms with Crippen molar-refractivity contribution in [3.63, 3.8) is 0 Å². The number of phenolic OH excluding ortho intramolecular Hbond substituents is 1. The molecule has 2 N–H and O–H groups in total. The molecule has 1 amide bonds. The first-order chi connectivity index (χ1) is 9.15. The average Bonchev–Trinajstić information content (AvgIpc) is 2.37. The first-order valence-electron chi connectivity index (χ1n) is 6.29. The Bertz CT molecular complexity index is 406. The molecule has 0 fully saturated rings. The van der Waals surface area contributed by atoms with Crippen molar-refractivity contribution in [3.05, 3.63) is 29.3 Å². The summed E-state index contributed by atoms with van der Waals surface area (Å²) in [5, 5.41) is 12.1. The summed E-state index contributed by atoms with van der Waals surface area (Å²) in [7, 11) is 1.63. The van der Waals surface area contributed by atoms with Gasteiger partial charge in [-0.2, -0.15) is 0 Å². The van der Waals surface area contributed by atoms with Gasteiger partial charge in [0.15, 0.2) is 0 Å². The average molecular weight is 267 g/mol. The summed E-state index contributed by atoms with van der Waals surface area (Å²) < 4.78 is 10.1. The second-order valence-corrected chi connectivity index (χ2v) is 4.21. The second kappa shape index (κ2) is 8.50. The molecule has 1 aromatic carbocycles. The lowest BCUT2D eigenvalue weighted by Gasteiger charge is -2.08. The maximum Gasteiger partial charge on any atom is 0.251 e. The summed E-state index contributed by atoms with van der Waals surface area (Å²) in [4.78, 5) is 11.9. The minimum Gasteiger partial charge on any atom is -0.508 e. The number of nitrogens with one attached hydrogen (secondary N) is 1. The molecule has 0 aliphatic rings. The third-order valence-corrected chi connectivity index (χ3v) is 2.64. The zero-order valence-electron chi connectivity index (χ0n) is 11.4. The number of carbonyl (C=O) groups excluding carboxylic acids is 1. The number of amides is 1. The van der Waals surface area contributed by atoms with Crippen LogP contribution in [0.3, 0.4) is 0 Å². The Labute approximate surface area is 113 Å². The lowest BCUT2D eigenvalue weighted by molar-refractivity contribution is 0.0688. The molecule has 0 radical (unpaired) electrons. The number of methoxy groups -OCH3 is 1. The van der Waals surface area contributed by atoms with E-state index in [1.165, 1.54) is 6.07 Å². The Hall–Kier alpha value is -1.59. The van der Waals surface area contributed by atoms with Crippen molar-refractivity contribution in [3.8, 4) is 5.75 Å². The normalized spacial score (nSPS) is 10.4. The van der Waals surface area contributed by atoms with Gasteiger partial charge in [-0.15, -0.1) is 0 Å². The number of benzene rings is 1. The van der Waals surface area contributed by atoms with Crippen LogP contribution in [-0.4, -0.2) is 44.5 Å². The number of aromatic hydroxyl groups is 1. The fraction of sp³-hybridized carbons (Fsp3) is 0.500. The molecule has 0 heterocycles. The van der Waals surface area contributed by atoms with E-state index in [1.54, 1.807) is 26.2 Å². The van der Waals surface area contributed by atoms with Crippen LogP contribution in [0.4, 0.5) is 0 Å². The molecule has 19 heavy (non-hydrogen) atoms. The highest BCUT2D eigenvalue weighted by Gasteiger charge is 2.08. The molecular formula is C14H21NO4. The van der Waals surface area contributed by atoms with E-state index in [1.807, 2.05) is 0 Å². The first kappa shape index (κ1) is 15.5. The lowest BCUT2D eigenvalue weighted by atomic mass is 10.1. The number of hydrogen-bond donors (Lipinski definition) is 2. The summed E-state index contributed by atoms with van der Waals surface area (Å²) in [5.41, 5.74) is 1.34. The Morgan fingerprint density at radius 1 is 1.32 bits per heavy atom. The highest BCUT2D eigenvalue weighted by Crippen LogP contribution is 2.15. The van der Waals surface area contributed by atoms with Gasteiger partial charge in [0.25, 0.3) is 5.91 Å². The third-order valence-electron chi connectivity index (χ3n) is 2.64. The highest BCUT2D eigenvalue weighted by atomic mass is 16.5. The Kier molecular flexibility index (Phi) is 6.92. The van der Waals surface area contributed by atoms with Crippen LogP contribution in [0, 0.1) is 6.92 Å². The zero-order chi connectivity index (χ0) is 14.1. The lowest BCUT2D eigenvalue weighted by Crippen LogP contribution is -2.26. The number of aryl methyl sites for hydroxylation is 1. The minimum atomic E-state index is -0.130. The Balaban J connectivity index is 2.24. The molecule has 1 rings (SSSR count). The number of phenols is 1. The molecule has 0 spiro atoms. The predicted molar refractivity (Wildman–Crippen MR) is 72.5 cm³/mol. The predicted octanol–water partition coefficient (Wildman–Crippen LogP) is 1.48. The molecule has 0 aliphatic carbocycles. The fourth-order valence-electron chi connectivity index (χ4n) is 1.62. The van der Waals surface area contributed by atoms with Crippen molar-refractivity contribution in [2.75, 3.05) is 33.5 Å². The number of ether oxygens (including phenoxy) is 2. The smallest absolute Gasteiger partial charge is 0.251 e. The van der Waals surface area contributed by atoms with Crippen LogP contribution in [0.25, 0.3) is 0 Å². The molecule has 0 saturated carbocycles. The fourth-order valence-corrected chi connectivity index (χ4v) is 1.62. The molecule has 0 bridgehead atoms. The van der Waals surface area contributed by atoms with E-state index in [-0.39, 0.29) is 11.7 Å². The van der Waals surface area contributed by atoms with E-state index >= 15 is 0 Å². The van der Waals surface area contributed by atoms with Gasteiger partial charge in [0.1, 0.15) is 5.75 Å². The van der Waals surface area contributed by atoms with Crippen LogP contribution in [0.2, 0.25) is 0 Å². The van der Waals surface area contributed by atoms with Crippen molar-refractivity contribution in [1.82, 2.24) is 5.32 Å². The summed E-state index contributed by atoms with van der Waals surface area (Å²) in [6.45, 7) is 4.10. The van der Waals surface area contributed by atoms with Gasteiger partial charge in [-0.25, -0.2) is 0 Å². The van der Waals surface area contributed by atoms with Gasteiger partial charge in [-0.1, -0.05) is 0 Å². The molecule has 106 valence electrons. The van der Waals surface area contributed by atoms with Gasteiger partial charge in [-0.05, 0) is 37.1 Å². The van der Waals surface area contributed by atoms with Crippen LogP contribution < -0.4 is 5.32 Å². The molecule has 0 atom stereocenters. The maximum atomic E-state index is 11.9. The largest absolute Gasteiger partial charge is 0.508 e. The topological polar surface area (TPSA) is 67.8 Å². The Morgan fingerprint density at radius 2 is 2.11 bits per heavy atom. The summed E-state index contributed by atoms with van der Waals surface area (Å²) >= 11 is 0. The monoisotopic (exact) mass is 267 g/mol. The third kappa shape index (κ3) is 5.72. The summed E-state index contributed by atoms with van der Waals surface area (Å²) in [6, 6.07) is 4.70. The van der Waals surface area contributed by atoms with Crippen LogP contribution in [0.5, 0.6) is 5.75 Å². The minimum absolute atomic E-state index is 0.130. The van der Waals surface area contributed by atoms with E-state index in [0.29, 0.717) is 31.9 Å². The van der Waals surface area contributed by atoms with Crippen LogP contribution in [0.1, 0.15) is 22.3 Å². The van der Waals surface area contributed by atoms with Gasteiger partial charge in [0, 0.05) is 25.8 Å². The molecule has 0 aromatic heterocycles. The van der Waals surface area contributed by atoms with Crippen LogP contribution in [0.15, 0.2) is 18.2 Å². The molecule has 0 unspecified atom stereocenters. The van der Waals surface area contributed by atoms with Crippen LogP contribution in [-0.2, 0) is 9.47 Å². The summed E-state index contributed by atoms with van der Waals surface area (Å²) in [5.74, 6) is 0.0370. The van der Waals surface area contributed by atoms with Gasteiger partial charge < -0.3 is 19.9 Å². The van der Waals surface area contributed by atoms with Crippen molar-refractivity contribution in [2.45, 2.75) is 13.3 Å². The van der Waals surface area contributed by atoms with E-state index in [4.69, 9.17) is 9.47 Å². The van der Waals surface area contributed by atoms with Crippen molar-refractivity contribution in [1.29, 1.82) is 0 Å². The molecule has 5 heteroatoms. The van der Waals surface area contributed by atoms with Gasteiger partial charge in [-0.3, -0.25) is 4.79 Å². The van der Waals surface area contributed by atoms with Crippen LogP contribution >= 0.6 is 0 Å². The second-order valence-electron chi connectivity index (χ2n) is 4.21. The quantitative estimate of drug-likeness (QED) is 0.700. The number of carbonyl (C=O) groups is 1. The molecular weight excluding hydrogens is 246 g/mol. The number of rotatable bonds is 8. The van der Waals surface area contributed by atoms with E-state index in [0.717, 1.165) is 12.0 Å². The van der Waals surface area contributed by atoms with Gasteiger partial charge >= 0.3 is 0 Å². The van der Waals surface area contributed by atoms with Gasteiger partial charge in [0.05, 0.1) is 13.2 Å². The SMILES string of the molecule is COCCOCCCNC(=O)c1ccc(O)cc1C. The molecule has 5 nitrogen and oxygen atoms in total. The van der Waals surface area contributed by atoms with E-state index in [9.17, 15) is 9.90 Å². The Morgan fingerprint density at radius 3 is 2.79 bits per heavy atom. The van der Waals surface area contributed by atoms with E-state index in [2.05, 4.69) is 5.32 Å². The van der Waals surface area contributed by atoms with Crippen molar-refractivity contribution in [2.24, 2.45) is 0 Å². The molecule has 0 aliphatic heterocycles. The standard InChI is InChI=1S/C14H21NO4/c1-11-10-12(16)4-5-13(11)14(17)15-6-3-7-19-9-8-18-2/h4-5,10,16H,3,6-9H2,1-2H3,(H,15,17). The first-order valence-corrected chi connectivity index (χ1v) is 6.29. The molecule has 1 aromatic rings. The highest BCUT2D eigenvalue weighted by molar-refractivity contribution is 5.95. The maximum absolute atomic E-state index is 11.9. The number of hydrogen-bond acceptors (Lipinski definition) is 4. The molecule has 0 saturated heterocycles. The van der Waals surface area contributed by atoms with Crippen molar-refractivity contribution >= 4 is 5.91 Å².